The molecule has 1 heterocycles. The lowest BCUT2D eigenvalue weighted by Crippen LogP contribution is -2.62. The van der Waals surface area contributed by atoms with E-state index < -0.39 is 61.2 Å². The first-order valence-electron chi connectivity index (χ1n) is 13.7. The van der Waals surface area contributed by atoms with E-state index in [0.29, 0.717) is 0 Å². The number of hydrogen-bond acceptors (Lipinski definition) is 10. The molecule has 1 aliphatic rings. The van der Waals surface area contributed by atoms with E-state index in [0.717, 1.165) is 0 Å². The fraction of sp³-hybridized carbons (Fsp3) is 0.176. The summed E-state index contributed by atoms with van der Waals surface area (Å²) in [6.07, 6.45) is -7.89. The van der Waals surface area contributed by atoms with Gasteiger partial charge in [-0.15, -0.1) is 0 Å². The van der Waals surface area contributed by atoms with Crippen LogP contribution in [0.3, 0.4) is 0 Å². The molecule has 0 radical (unpaired) electrons. The molecule has 4 aromatic carbocycles. The highest BCUT2D eigenvalue weighted by Crippen LogP contribution is 2.30. The molecule has 1 fully saturated rings. The zero-order valence-electron chi connectivity index (χ0n) is 23.3. The van der Waals surface area contributed by atoms with Crippen molar-refractivity contribution in [3.63, 3.8) is 0 Å². The molecule has 0 aromatic heterocycles. The van der Waals surface area contributed by atoms with Crippen LogP contribution in [-0.2, 0) is 23.7 Å². The first-order chi connectivity index (χ1) is 21.4. The summed E-state index contributed by atoms with van der Waals surface area (Å²) in [5, 5.41) is 11.1. The Hall–Kier alpha value is -5.32. The molecule has 4 aromatic rings. The number of carbonyl (C=O) groups is 4. The Kier molecular flexibility index (Phi) is 9.75. The van der Waals surface area contributed by atoms with Crippen molar-refractivity contribution in [1.29, 1.82) is 0 Å². The number of hydrogen-bond donors (Lipinski definition) is 1. The number of benzene rings is 4. The first-order valence-corrected chi connectivity index (χ1v) is 13.7. The van der Waals surface area contributed by atoms with Crippen molar-refractivity contribution in [3.05, 3.63) is 144 Å². The number of rotatable bonds is 9. The Morgan fingerprint density at radius 1 is 0.500 bits per heavy atom. The van der Waals surface area contributed by atoms with Crippen LogP contribution in [0.1, 0.15) is 41.4 Å². The highest BCUT2D eigenvalue weighted by atomic mass is 16.7. The molecule has 10 nitrogen and oxygen atoms in total. The van der Waals surface area contributed by atoms with Gasteiger partial charge in [-0.2, -0.15) is 0 Å². The molecule has 0 saturated carbocycles. The molecule has 0 amide bonds. The summed E-state index contributed by atoms with van der Waals surface area (Å²) in [5.74, 6) is -3.21. The minimum atomic E-state index is -1.86. The number of aliphatic hydroxyl groups is 1. The molecule has 1 N–H and O–H groups in total. The Morgan fingerprint density at radius 3 is 1.25 bits per heavy atom. The van der Waals surface area contributed by atoms with Crippen LogP contribution in [0.5, 0.6) is 0 Å². The molecule has 5 atom stereocenters. The van der Waals surface area contributed by atoms with Gasteiger partial charge in [-0.3, -0.25) is 0 Å². The second-order valence-electron chi connectivity index (χ2n) is 9.74. The minimum absolute atomic E-state index is 0.154. The molecule has 224 valence electrons. The summed E-state index contributed by atoms with van der Waals surface area (Å²) in [5.41, 5.74) is 0.736. The fourth-order valence-corrected chi connectivity index (χ4v) is 4.54. The van der Waals surface area contributed by atoms with Crippen LogP contribution < -0.4 is 0 Å². The second kappa shape index (κ2) is 14.2. The zero-order valence-corrected chi connectivity index (χ0v) is 23.3. The average molecular weight is 597 g/mol. The number of ether oxygens (including phenoxy) is 5. The van der Waals surface area contributed by atoms with Crippen LogP contribution in [0, 0.1) is 0 Å². The molecular formula is C34H28O10. The van der Waals surface area contributed by atoms with Gasteiger partial charge in [0, 0.05) is 0 Å². The summed E-state index contributed by atoms with van der Waals surface area (Å²) in [7, 11) is 0. The van der Waals surface area contributed by atoms with Crippen molar-refractivity contribution in [2.24, 2.45) is 0 Å². The third-order valence-electron chi connectivity index (χ3n) is 6.76. The van der Waals surface area contributed by atoms with Crippen molar-refractivity contribution < 1.29 is 48.0 Å². The number of aliphatic hydroxyl groups excluding tert-OH is 1. The molecule has 5 rings (SSSR count). The van der Waals surface area contributed by atoms with Gasteiger partial charge in [0.1, 0.15) is 12.7 Å². The molecule has 44 heavy (non-hydrogen) atoms. The molecule has 0 aliphatic carbocycles. The van der Waals surface area contributed by atoms with Crippen LogP contribution in [0.15, 0.2) is 121 Å². The lowest BCUT2D eigenvalue weighted by atomic mass is 9.97. The van der Waals surface area contributed by atoms with E-state index in [9.17, 15) is 24.3 Å². The standard InChI is InChI=1S/C34H28O10/c35-30(22-13-5-1-6-14-22)40-21-26-27(42-31(36)23-15-7-2-8-16-23)28(43-32(37)24-17-9-3-10-18-24)29(34(39)41-26)44-33(38)25-19-11-4-12-20-25/h1-20,26-29,34,39H,21H2/t26?,27-,28+,29?,34+/m1/s1. The molecule has 1 aliphatic heterocycles. The Morgan fingerprint density at radius 2 is 0.841 bits per heavy atom. The quantitative estimate of drug-likeness (QED) is 0.221. The van der Waals surface area contributed by atoms with Gasteiger partial charge in [-0.25, -0.2) is 19.2 Å². The highest BCUT2D eigenvalue weighted by Gasteiger charge is 2.52. The average Bonchev–Trinajstić information content (AvgIpc) is 3.07. The van der Waals surface area contributed by atoms with Crippen LogP contribution in [0.25, 0.3) is 0 Å². The van der Waals surface area contributed by atoms with Crippen molar-refractivity contribution >= 4 is 23.9 Å². The summed E-state index contributed by atoms with van der Waals surface area (Å²) >= 11 is 0. The fourth-order valence-electron chi connectivity index (χ4n) is 4.54. The Labute approximate surface area is 252 Å². The van der Waals surface area contributed by atoms with Gasteiger partial charge in [-0.05, 0) is 48.5 Å². The monoisotopic (exact) mass is 596 g/mol. The highest BCUT2D eigenvalue weighted by molar-refractivity contribution is 5.91. The van der Waals surface area contributed by atoms with Gasteiger partial charge >= 0.3 is 23.9 Å². The lowest BCUT2D eigenvalue weighted by molar-refractivity contribution is -0.284. The number of carbonyl (C=O) groups excluding carboxylic acids is 4. The SMILES string of the molecule is O=C(OCC1O[C@H](O)C(OC(=O)c2ccccc2)[C@@H](OC(=O)c2ccccc2)[C@@H]1OC(=O)c1ccccc1)c1ccccc1. The van der Waals surface area contributed by atoms with Crippen molar-refractivity contribution in [2.45, 2.75) is 30.7 Å². The van der Waals surface area contributed by atoms with Crippen LogP contribution in [0.2, 0.25) is 0 Å². The van der Waals surface area contributed by atoms with Crippen LogP contribution >= 0.6 is 0 Å². The molecule has 0 bridgehead atoms. The van der Waals surface area contributed by atoms with Gasteiger partial charge in [0.05, 0.1) is 22.3 Å². The largest absolute Gasteiger partial charge is 0.459 e. The van der Waals surface area contributed by atoms with E-state index in [1.54, 1.807) is 84.9 Å². The van der Waals surface area contributed by atoms with Gasteiger partial charge < -0.3 is 28.8 Å². The van der Waals surface area contributed by atoms with Crippen molar-refractivity contribution in [1.82, 2.24) is 0 Å². The van der Waals surface area contributed by atoms with Gasteiger partial charge in [0.2, 0.25) is 0 Å². The minimum Gasteiger partial charge on any atom is -0.459 e. The number of esters is 4. The maximum Gasteiger partial charge on any atom is 0.338 e. The summed E-state index contributed by atoms with van der Waals surface area (Å²) in [4.78, 5) is 52.3. The second-order valence-corrected chi connectivity index (χ2v) is 9.74. The van der Waals surface area contributed by atoms with E-state index in [2.05, 4.69) is 0 Å². The van der Waals surface area contributed by atoms with E-state index in [4.69, 9.17) is 23.7 Å². The van der Waals surface area contributed by atoms with Gasteiger partial charge in [0.15, 0.2) is 24.6 Å². The Balaban J connectivity index is 1.48. The smallest absolute Gasteiger partial charge is 0.338 e. The van der Waals surface area contributed by atoms with Crippen LogP contribution in [0.4, 0.5) is 0 Å². The van der Waals surface area contributed by atoms with Gasteiger partial charge in [0.25, 0.3) is 0 Å². The summed E-state index contributed by atoms with van der Waals surface area (Å²) in [6, 6.07) is 32.1. The molecular weight excluding hydrogens is 568 g/mol. The molecule has 10 heteroatoms. The third-order valence-corrected chi connectivity index (χ3v) is 6.76. The van der Waals surface area contributed by atoms with E-state index in [1.807, 2.05) is 0 Å². The molecule has 1 saturated heterocycles. The molecule has 0 spiro atoms. The molecule has 2 unspecified atom stereocenters. The zero-order chi connectivity index (χ0) is 30.9. The van der Waals surface area contributed by atoms with Crippen LogP contribution in [-0.4, -0.2) is 66.3 Å². The van der Waals surface area contributed by atoms with Gasteiger partial charge in [-0.1, -0.05) is 72.8 Å². The third kappa shape index (κ3) is 7.35. The van der Waals surface area contributed by atoms with Crippen molar-refractivity contribution in [2.75, 3.05) is 6.61 Å². The first kappa shape index (κ1) is 30.1. The topological polar surface area (TPSA) is 135 Å². The summed E-state index contributed by atoms with van der Waals surface area (Å²) in [6.45, 7) is -0.504. The predicted octanol–water partition coefficient (Wildman–Crippen LogP) is 4.24. The maximum atomic E-state index is 13.3. The van der Waals surface area contributed by atoms with E-state index in [1.165, 1.54) is 36.4 Å². The lowest BCUT2D eigenvalue weighted by Gasteiger charge is -2.42. The Bertz CT molecular complexity index is 1560. The normalized spacial score (nSPS) is 21.0. The van der Waals surface area contributed by atoms with Crippen molar-refractivity contribution in [3.8, 4) is 0 Å². The summed E-state index contributed by atoms with van der Waals surface area (Å²) < 4.78 is 28.4. The van der Waals surface area contributed by atoms with E-state index >= 15 is 0 Å². The maximum absolute atomic E-state index is 13.3. The predicted molar refractivity (Wildman–Crippen MR) is 155 cm³/mol. The van der Waals surface area contributed by atoms with E-state index in [-0.39, 0.29) is 22.3 Å².